The Hall–Kier alpha value is -2.36. The molecule has 2 N–H and O–H groups in total. The zero-order chi connectivity index (χ0) is 21.0. The SMILES string of the molecule is O=C=NC1(CC2(N=C=O)C=CC=CC2)C=CC=CC1.OCC1CCC(CO)CC1. The van der Waals surface area contributed by atoms with Gasteiger partial charge in [-0.15, -0.1) is 0 Å². The van der Waals surface area contributed by atoms with E-state index in [1.165, 1.54) is 0 Å². The van der Waals surface area contributed by atoms with Gasteiger partial charge in [0.25, 0.3) is 0 Å². The molecule has 2 unspecified atom stereocenters. The van der Waals surface area contributed by atoms with Gasteiger partial charge in [-0.1, -0.05) is 48.6 Å². The van der Waals surface area contributed by atoms with Gasteiger partial charge in [0.15, 0.2) is 0 Å². The number of nitrogens with zero attached hydrogens (tertiary/aromatic N) is 2. The largest absolute Gasteiger partial charge is 0.396 e. The van der Waals surface area contributed by atoms with Crippen LogP contribution in [0.1, 0.15) is 44.9 Å². The van der Waals surface area contributed by atoms with Gasteiger partial charge in [0.2, 0.25) is 12.2 Å². The van der Waals surface area contributed by atoms with Gasteiger partial charge in [0.05, 0.1) is 11.1 Å². The molecule has 0 aromatic carbocycles. The molecule has 0 bridgehead atoms. The maximum absolute atomic E-state index is 10.7. The fraction of sp³-hybridized carbons (Fsp3) is 0.565. The van der Waals surface area contributed by atoms with Crippen molar-refractivity contribution in [3.05, 3.63) is 48.6 Å². The van der Waals surface area contributed by atoms with Crippen molar-refractivity contribution in [2.75, 3.05) is 13.2 Å². The van der Waals surface area contributed by atoms with Gasteiger partial charge in [0.1, 0.15) is 0 Å². The van der Waals surface area contributed by atoms with E-state index in [9.17, 15) is 9.59 Å². The van der Waals surface area contributed by atoms with Gasteiger partial charge in [-0.05, 0) is 50.4 Å². The number of allylic oxidation sites excluding steroid dienone is 4. The van der Waals surface area contributed by atoms with E-state index in [0.717, 1.165) is 25.7 Å². The molecule has 0 radical (unpaired) electrons. The molecule has 3 rings (SSSR count). The van der Waals surface area contributed by atoms with Crippen molar-refractivity contribution in [2.24, 2.45) is 21.8 Å². The lowest BCUT2D eigenvalue weighted by molar-refractivity contribution is 0.131. The molecule has 6 nitrogen and oxygen atoms in total. The monoisotopic (exact) mass is 398 g/mol. The first-order valence-electron chi connectivity index (χ1n) is 10.2. The summed E-state index contributed by atoms with van der Waals surface area (Å²) < 4.78 is 0. The predicted octanol–water partition coefficient (Wildman–Crippen LogP) is 3.34. The lowest BCUT2D eigenvalue weighted by Gasteiger charge is -2.34. The Bertz CT molecular complexity index is 674. The molecule has 0 aromatic heterocycles. The third-order valence-corrected chi connectivity index (χ3v) is 5.88. The van der Waals surface area contributed by atoms with Crippen LogP contribution in [0.2, 0.25) is 0 Å². The average molecular weight is 399 g/mol. The summed E-state index contributed by atoms with van der Waals surface area (Å²) in [6.07, 6.45) is 24.5. The van der Waals surface area contributed by atoms with Crippen LogP contribution in [0, 0.1) is 11.8 Å². The van der Waals surface area contributed by atoms with Crippen LogP contribution >= 0.6 is 0 Å². The Balaban J connectivity index is 0.000000253. The molecule has 0 saturated heterocycles. The number of isocyanates is 2. The van der Waals surface area contributed by atoms with Crippen molar-refractivity contribution in [2.45, 2.75) is 56.0 Å². The molecule has 0 spiro atoms. The second-order valence-electron chi connectivity index (χ2n) is 8.02. The lowest BCUT2D eigenvalue weighted by atomic mass is 9.76. The first kappa shape index (κ1) is 22.9. The Morgan fingerprint density at radius 3 is 1.45 bits per heavy atom. The molecule has 0 heterocycles. The molecule has 0 amide bonds. The first-order valence-corrected chi connectivity index (χ1v) is 10.2. The highest BCUT2D eigenvalue weighted by Crippen LogP contribution is 2.37. The molecule has 29 heavy (non-hydrogen) atoms. The van der Waals surface area contributed by atoms with Gasteiger partial charge >= 0.3 is 0 Å². The number of aliphatic hydroxyl groups is 2. The van der Waals surface area contributed by atoms with Crippen LogP contribution in [0.3, 0.4) is 0 Å². The number of carbonyl (C=O) groups excluding carboxylic acids is 2. The molecule has 0 aliphatic heterocycles. The van der Waals surface area contributed by atoms with Gasteiger partial charge in [-0.2, -0.15) is 9.98 Å². The quantitative estimate of drug-likeness (QED) is 0.529. The molecule has 6 heteroatoms. The molecule has 2 atom stereocenters. The second kappa shape index (κ2) is 11.6. The molecule has 1 fully saturated rings. The van der Waals surface area contributed by atoms with E-state index < -0.39 is 11.1 Å². The van der Waals surface area contributed by atoms with Crippen LogP contribution < -0.4 is 0 Å². The molecular formula is C23H30N2O4. The molecule has 0 aromatic rings. The van der Waals surface area contributed by atoms with Crippen LogP contribution in [-0.4, -0.2) is 46.7 Å². The standard InChI is InChI=1S/C15H14N2O2.C8H16O2/c18-12-16-14(7-3-1-4-8-14)11-15(17-13-19)9-5-2-6-10-15;9-5-7-1-2-8(6-10)4-3-7/h1-7,9H,8,10-11H2;7-10H,1-6H2. The van der Waals surface area contributed by atoms with E-state index in [1.807, 2.05) is 48.6 Å². The van der Waals surface area contributed by atoms with Gasteiger partial charge in [-0.3, -0.25) is 0 Å². The highest BCUT2D eigenvalue weighted by Gasteiger charge is 2.38. The van der Waals surface area contributed by atoms with Crippen LogP contribution in [0.15, 0.2) is 58.6 Å². The maximum Gasteiger partial charge on any atom is 0.235 e. The third kappa shape index (κ3) is 6.88. The van der Waals surface area contributed by atoms with E-state index in [1.54, 1.807) is 12.2 Å². The minimum Gasteiger partial charge on any atom is -0.396 e. The second-order valence-corrected chi connectivity index (χ2v) is 8.02. The average Bonchev–Trinajstić information content (AvgIpc) is 2.76. The van der Waals surface area contributed by atoms with Crippen molar-refractivity contribution < 1.29 is 19.8 Å². The van der Waals surface area contributed by atoms with Crippen molar-refractivity contribution >= 4 is 12.2 Å². The van der Waals surface area contributed by atoms with Crippen LogP contribution in [0.5, 0.6) is 0 Å². The number of rotatable bonds is 6. The van der Waals surface area contributed by atoms with E-state index in [4.69, 9.17) is 10.2 Å². The molecular weight excluding hydrogens is 368 g/mol. The minimum absolute atomic E-state index is 0.331. The zero-order valence-electron chi connectivity index (χ0n) is 16.7. The maximum atomic E-state index is 10.7. The summed E-state index contributed by atoms with van der Waals surface area (Å²) >= 11 is 0. The van der Waals surface area contributed by atoms with E-state index in [0.29, 0.717) is 44.3 Å². The van der Waals surface area contributed by atoms with Gasteiger partial charge in [-0.25, -0.2) is 9.59 Å². The van der Waals surface area contributed by atoms with Crippen molar-refractivity contribution in [3.63, 3.8) is 0 Å². The summed E-state index contributed by atoms with van der Waals surface area (Å²) in [7, 11) is 0. The van der Waals surface area contributed by atoms with Crippen molar-refractivity contribution in [1.82, 2.24) is 0 Å². The molecule has 156 valence electrons. The minimum atomic E-state index is -0.674. The topological polar surface area (TPSA) is 99.3 Å². The lowest BCUT2D eigenvalue weighted by Crippen LogP contribution is -2.37. The van der Waals surface area contributed by atoms with Crippen LogP contribution in [0.4, 0.5) is 0 Å². The van der Waals surface area contributed by atoms with Gasteiger partial charge in [0, 0.05) is 19.6 Å². The highest BCUT2D eigenvalue weighted by atomic mass is 16.3. The predicted molar refractivity (Wildman–Crippen MR) is 112 cm³/mol. The first-order chi connectivity index (χ1) is 14.1. The third-order valence-electron chi connectivity index (χ3n) is 5.88. The summed E-state index contributed by atoms with van der Waals surface area (Å²) in [6.45, 7) is 0.663. The van der Waals surface area contributed by atoms with Crippen molar-refractivity contribution in [3.8, 4) is 0 Å². The normalized spacial score (nSPS) is 32.5. The molecule has 3 aliphatic carbocycles. The number of aliphatic hydroxyl groups excluding tert-OH is 2. The summed E-state index contributed by atoms with van der Waals surface area (Å²) in [4.78, 5) is 29.3. The van der Waals surface area contributed by atoms with Crippen molar-refractivity contribution in [1.29, 1.82) is 0 Å². The summed E-state index contributed by atoms with van der Waals surface area (Å²) in [5.41, 5.74) is -1.35. The fourth-order valence-corrected chi connectivity index (χ4v) is 4.12. The summed E-state index contributed by atoms with van der Waals surface area (Å²) in [5, 5.41) is 17.6. The van der Waals surface area contributed by atoms with Crippen LogP contribution in [-0.2, 0) is 9.59 Å². The summed E-state index contributed by atoms with van der Waals surface area (Å²) in [6, 6.07) is 0. The molecule has 1 saturated carbocycles. The summed E-state index contributed by atoms with van der Waals surface area (Å²) in [5.74, 6) is 1.03. The number of hydrogen-bond acceptors (Lipinski definition) is 6. The zero-order valence-corrected chi connectivity index (χ0v) is 16.7. The Kier molecular flexibility index (Phi) is 9.17. The Morgan fingerprint density at radius 1 is 0.759 bits per heavy atom. The smallest absolute Gasteiger partial charge is 0.235 e. The van der Waals surface area contributed by atoms with E-state index in [-0.39, 0.29) is 0 Å². The number of aliphatic imine (C=N–C) groups is 2. The Morgan fingerprint density at radius 2 is 1.17 bits per heavy atom. The van der Waals surface area contributed by atoms with Gasteiger partial charge < -0.3 is 10.2 Å². The van der Waals surface area contributed by atoms with Crippen LogP contribution in [0.25, 0.3) is 0 Å². The van der Waals surface area contributed by atoms with E-state index in [2.05, 4.69) is 9.98 Å². The van der Waals surface area contributed by atoms with E-state index >= 15 is 0 Å². The fourth-order valence-electron chi connectivity index (χ4n) is 4.12. The molecule has 3 aliphatic rings. The highest BCUT2D eigenvalue weighted by molar-refractivity contribution is 5.42. The Labute approximate surface area is 172 Å². The number of hydrogen-bond donors (Lipinski definition) is 2.